The quantitative estimate of drug-likeness (QED) is 0.128. The smallest absolute Gasteiger partial charge is 0.0836 e. The number of hydrogen-bond donors (Lipinski definition) is 2. The Kier molecular flexibility index (Phi) is 7.74. The van der Waals surface area contributed by atoms with Crippen molar-refractivity contribution in [3.05, 3.63) is 244 Å². The third kappa shape index (κ3) is 4.57. The van der Waals surface area contributed by atoms with Crippen LogP contribution in [0, 0.1) is 10.8 Å². The van der Waals surface area contributed by atoms with Crippen LogP contribution in [0.2, 0.25) is 0 Å². The zero-order valence-corrected chi connectivity index (χ0v) is 28.9. The first kappa shape index (κ1) is 31.6. The van der Waals surface area contributed by atoms with Crippen molar-refractivity contribution in [1.82, 2.24) is 0 Å². The summed E-state index contributed by atoms with van der Waals surface area (Å²) in [6, 6.07) is 47.7. The molecule has 4 aliphatic carbocycles. The van der Waals surface area contributed by atoms with Gasteiger partial charge in [-0.25, -0.2) is 0 Å². The van der Waals surface area contributed by atoms with Crippen LogP contribution in [0.1, 0.15) is 46.2 Å². The van der Waals surface area contributed by atoms with Crippen molar-refractivity contribution < 1.29 is 0 Å². The van der Waals surface area contributed by atoms with Crippen molar-refractivity contribution in [3.63, 3.8) is 0 Å². The summed E-state index contributed by atoms with van der Waals surface area (Å²) in [4.78, 5) is 0. The Morgan fingerprint density at radius 1 is 0.596 bits per heavy atom. The minimum Gasteiger partial charge on any atom is -0.304 e. The predicted molar refractivity (Wildman–Crippen MR) is 216 cm³/mol. The number of allylic oxidation sites excluding steroid dienone is 14. The van der Waals surface area contributed by atoms with Gasteiger partial charge in [0.1, 0.15) is 0 Å². The molecule has 0 aliphatic heterocycles. The summed E-state index contributed by atoms with van der Waals surface area (Å²) < 4.78 is 0. The van der Waals surface area contributed by atoms with E-state index >= 15 is 0 Å². The van der Waals surface area contributed by atoms with Gasteiger partial charge >= 0.3 is 0 Å². The monoisotopic (exact) mass is 666 g/mol. The van der Waals surface area contributed by atoms with Crippen molar-refractivity contribution in [1.29, 1.82) is 10.8 Å². The maximum Gasteiger partial charge on any atom is 0.0836 e. The Bertz CT molecular complexity index is 2470. The average Bonchev–Trinajstić information content (AvgIpc) is 3.52. The third-order valence-electron chi connectivity index (χ3n) is 11.2. The number of fused-ring (bicyclic) bond motifs is 4. The van der Waals surface area contributed by atoms with Gasteiger partial charge in [-0.2, -0.15) is 0 Å². The molecular formula is C50H38N2. The third-order valence-corrected chi connectivity index (χ3v) is 11.2. The molecule has 9 rings (SSSR count). The normalized spacial score (nSPS) is 22.1. The summed E-state index contributed by atoms with van der Waals surface area (Å²) in [6.07, 6.45) is 22.3. The van der Waals surface area contributed by atoms with Gasteiger partial charge < -0.3 is 10.8 Å². The van der Waals surface area contributed by atoms with E-state index in [9.17, 15) is 5.41 Å². The average molecular weight is 667 g/mol. The molecule has 0 radical (unpaired) electrons. The van der Waals surface area contributed by atoms with Crippen LogP contribution in [-0.4, -0.2) is 11.4 Å². The zero-order valence-electron chi connectivity index (χ0n) is 28.9. The van der Waals surface area contributed by atoms with E-state index in [2.05, 4.69) is 133 Å². The molecule has 5 aromatic rings. The fraction of sp³-hybridized carbons (Fsp3) is 0.0800. The number of nitrogens with one attached hydrogen (secondary N) is 2. The van der Waals surface area contributed by atoms with Gasteiger partial charge in [0.05, 0.1) is 22.3 Å². The highest BCUT2D eigenvalue weighted by Crippen LogP contribution is 2.66. The van der Waals surface area contributed by atoms with E-state index in [0.717, 1.165) is 35.1 Å². The van der Waals surface area contributed by atoms with Crippen LogP contribution >= 0.6 is 0 Å². The number of benzene rings is 5. The largest absolute Gasteiger partial charge is 0.304 e. The molecule has 0 fully saturated rings. The lowest BCUT2D eigenvalue weighted by molar-refractivity contribution is 0.616. The summed E-state index contributed by atoms with van der Waals surface area (Å²) in [6.45, 7) is 0. The lowest BCUT2D eigenvalue weighted by atomic mass is 9.50. The van der Waals surface area contributed by atoms with Crippen LogP contribution in [-0.2, 0) is 10.8 Å². The zero-order chi connectivity index (χ0) is 35.1. The SMILES string of the molecule is N=C1C=CC=C/C1=C(/C=C/C=C\C(=N)C1(c2ccccc2)C2=C(C=CCC2)C2(c3ccccc3)c3ccccc3-c3cccc1c32)c1ccccc1. The fourth-order valence-electron chi connectivity index (χ4n) is 9.25. The van der Waals surface area contributed by atoms with Gasteiger partial charge in [0.25, 0.3) is 0 Å². The van der Waals surface area contributed by atoms with E-state index in [-0.39, 0.29) is 0 Å². The van der Waals surface area contributed by atoms with E-state index < -0.39 is 10.8 Å². The first-order chi connectivity index (χ1) is 25.7. The Hall–Kier alpha value is -6.38. The number of rotatable bonds is 7. The Morgan fingerprint density at radius 2 is 1.23 bits per heavy atom. The van der Waals surface area contributed by atoms with E-state index in [4.69, 9.17) is 5.41 Å². The molecule has 5 aromatic carbocycles. The van der Waals surface area contributed by atoms with Crippen molar-refractivity contribution in [3.8, 4) is 11.1 Å². The minimum absolute atomic E-state index is 0.485. The second-order valence-corrected chi connectivity index (χ2v) is 13.8. The molecule has 0 saturated heterocycles. The molecule has 0 amide bonds. The molecule has 52 heavy (non-hydrogen) atoms. The molecular weight excluding hydrogens is 629 g/mol. The molecule has 2 atom stereocenters. The first-order valence-corrected chi connectivity index (χ1v) is 18.1. The van der Waals surface area contributed by atoms with Gasteiger partial charge in [0, 0.05) is 5.57 Å². The van der Waals surface area contributed by atoms with Crippen LogP contribution in [0.4, 0.5) is 0 Å². The summed E-state index contributed by atoms with van der Waals surface area (Å²) in [5.41, 5.74) is 13.9. The predicted octanol–water partition coefficient (Wildman–Crippen LogP) is 11.7. The topological polar surface area (TPSA) is 47.7 Å². The lowest BCUT2D eigenvalue weighted by Crippen LogP contribution is -2.48. The highest BCUT2D eigenvalue weighted by molar-refractivity contribution is 6.15. The maximum absolute atomic E-state index is 10.2. The van der Waals surface area contributed by atoms with Crippen LogP contribution in [0.5, 0.6) is 0 Å². The second kappa shape index (κ2) is 12.7. The molecule has 0 heterocycles. The molecule has 2 unspecified atom stereocenters. The van der Waals surface area contributed by atoms with Crippen molar-refractivity contribution in [2.45, 2.75) is 23.7 Å². The summed E-state index contributed by atoms with van der Waals surface area (Å²) >= 11 is 0. The number of hydrogen-bond acceptors (Lipinski definition) is 2. The van der Waals surface area contributed by atoms with Crippen LogP contribution < -0.4 is 0 Å². The first-order valence-electron chi connectivity index (χ1n) is 18.1. The lowest BCUT2D eigenvalue weighted by Gasteiger charge is -2.51. The molecule has 0 saturated carbocycles. The van der Waals surface area contributed by atoms with Crippen LogP contribution in [0.15, 0.2) is 211 Å². The molecule has 2 nitrogen and oxygen atoms in total. The standard InChI is InChI=1S/C50H38N2/c51-46-33-16-11-27-40(46)38(35-19-4-1-5-20-35)25-12-17-34-47(52)49(36-21-6-2-7-22-36)43-30-14-15-31-44(43)50(37-23-8-3-9-24-37)42-29-13-10-26-39(42)41-28-18-32-45(49)48(41)50/h1-13,15-29,31-34,51-52H,14,30H2/b25-12+,34-17-,40-38+,51-46?,52-47?. The molecule has 2 N–H and O–H groups in total. The van der Waals surface area contributed by atoms with E-state index in [1.165, 1.54) is 44.5 Å². The van der Waals surface area contributed by atoms with Crippen molar-refractivity contribution >= 4 is 17.0 Å². The molecule has 0 bridgehead atoms. The van der Waals surface area contributed by atoms with Gasteiger partial charge in [-0.05, 0) is 86.2 Å². The molecule has 2 heteroatoms. The van der Waals surface area contributed by atoms with Gasteiger partial charge in [0.2, 0.25) is 0 Å². The van der Waals surface area contributed by atoms with Gasteiger partial charge in [-0.1, -0.05) is 182 Å². The van der Waals surface area contributed by atoms with Gasteiger partial charge in [0.15, 0.2) is 0 Å². The van der Waals surface area contributed by atoms with Crippen LogP contribution in [0.3, 0.4) is 0 Å². The molecule has 0 aromatic heterocycles. The Balaban J connectivity index is 1.27. The highest BCUT2D eigenvalue weighted by Gasteiger charge is 2.58. The van der Waals surface area contributed by atoms with Gasteiger partial charge in [-0.15, -0.1) is 0 Å². The van der Waals surface area contributed by atoms with E-state index in [0.29, 0.717) is 11.4 Å². The summed E-state index contributed by atoms with van der Waals surface area (Å²) in [5.74, 6) is 0. The van der Waals surface area contributed by atoms with E-state index in [1.807, 2.05) is 60.7 Å². The van der Waals surface area contributed by atoms with Crippen LogP contribution in [0.25, 0.3) is 16.7 Å². The van der Waals surface area contributed by atoms with Crippen molar-refractivity contribution in [2.24, 2.45) is 0 Å². The fourth-order valence-corrected chi connectivity index (χ4v) is 9.25. The van der Waals surface area contributed by atoms with Gasteiger partial charge in [-0.3, -0.25) is 0 Å². The molecule has 4 aliphatic rings. The summed E-state index contributed by atoms with van der Waals surface area (Å²) in [5, 5.41) is 18.9. The Labute approximate surface area is 305 Å². The van der Waals surface area contributed by atoms with Crippen molar-refractivity contribution in [2.75, 3.05) is 0 Å². The molecule has 0 spiro atoms. The Morgan fingerprint density at radius 3 is 2.00 bits per heavy atom. The summed E-state index contributed by atoms with van der Waals surface area (Å²) in [7, 11) is 0. The minimum atomic E-state index is -0.795. The second-order valence-electron chi connectivity index (χ2n) is 13.8. The van der Waals surface area contributed by atoms with E-state index in [1.54, 1.807) is 0 Å². The molecule has 248 valence electrons. The maximum atomic E-state index is 10.2. The highest BCUT2D eigenvalue weighted by atomic mass is 14.6.